The first-order valence-corrected chi connectivity index (χ1v) is 7.47. The highest BCUT2D eigenvalue weighted by atomic mass is 15.2. The van der Waals surface area contributed by atoms with Gasteiger partial charge in [-0.1, -0.05) is 26.8 Å². The van der Waals surface area contributed by atoms with Gasteiger partial charge in [-0.2, -0.15) is 0 Å². The lowest BCUT2D eigenvalue weighted by Crippen LogP contribution is -2.53. The smallest absolute Gasteiger partial charge is 0.0330 e. The predicted octanol–water partition coefficient (Wildman–Crippen LogP) is 3.12. The molecule has 0 bridgehead atoms. The minimum atomic E-state index is 0.125. The van der Waals surface area contributed by atoms with Crippen molar-refractivity contribution in [3.8, 4) is 0 Å². The quantitative estimate of drug-likeness (QED) is 0.783. The fourth-order valence-corrected chi connectivity index (χ4v) is 2.79. The minimum Gasteiger partial charge on any atom is -0.329 e. The normalized spacial score (nSPS) is 12.1. The first-order chi connectivity index (χ1) is 9.11. The molecule has 0 saturated heterocycles. The van der Waals surface area contributed by atoms with E-state index in [1.807, 2.05) is 12.4 Å². The van der Waals surface area contributed by atoms with E-state index in [4.69, 9.17) is 5.73 Å². The SMILES string of the molecule is CCCN(Cc1cncc(C)c1)C(CC)(CC)CN. The number of aromatic nitrogens is 1. The van der Waals surface area contributed by atoms with Crippen molar-refractivity contribution in [2.45, 2.75) is 59.0 Å². The standard InChI is InChI=1S/C16H29N3/c1-5-8-19(16(6-2,7-3)13-17)12-15-9-14(4)10-18-11-15/h9-11H,5-8,12-13,17H2,1-4H3. The Morgan fingerprint density at radius 1 is 1.21 bits per heavy atom. The molecule has 0 fully saturated rings. The maximum absolute atomic E-state index is 6.09. The van der Waals surface area contributed by atoms with Crippen LogP contribution in [0.2, 0.25) is 0 Å². The maximum Gasteiger partial charge on any atom is 0.0330 e. The van der Waals surface area contributed by atoms with Gasteiger partial charge in [-0.15, -0.1) is 0 Å². The lowest BCUT2D eigenvalue weighted by atomic mass is 9.90. The van der Waals surface area contributed by atoms with Crippen LogP contribution in [-0.2, 0) is 6.54 Å². The Balaban J connectivity index is 2.93. The molecule has 0 saturated carbocycles. The van der Waals surface area contributed by atoms with Crippen molar-refractivity contribution in [1.82, 2.24) is 9.88 Å². The number of aryl methyl sites for hydroxylation is 1. The molecule has 2 N–H and O–H groups in total. The topological polar surface area (TPSA) is 42.2 Å². The third-order valence-electron chi connectivity index (χ3n) is 4.17. The molecule has 0 amide bonds. The molecule has 0 aliphatic heterocycles. The molecule has 0 aliphatic carbocycles. The second-order valence-electron chi connectivity index (χ2n) is 5.43. The Bertz CT molecular complexity index is 364. The molecule has 3 nitrogen and oxygen atoms in total. The first-order valence-electron chi connectivity index (χ1n) is 7.47. The molecule has 0 aromatic carbocycles. The summed E-state index contributed by atoms with van der Waals surface area (Å²) in [4.78, 5) is 6.84. The molecular weight excluding hydrogens is 234 g/mol. The van der Waals surface area contributed by atoms with Gasteiger partial charge in [-0.05, 0) is 43.9 Å². The fraction of sp³-hybridized carbons (Fsp3) is 0.688. The van der Waals surface area contributed by atoms with Gasteiger partial charge in [-0.25, -0.2) is 0 Å². The number of nitrogens with two attached hydrogens (primary N) is 1. The molecule has 0 radical (unpaired) electrons. The summed E-state index contributed by atoms with van der Waals surface area (Å²) < 4.78 is 0. The summed E-state index contributed by atoms with van der Waals surface area (Å²) in [6.07, 6.45) is 7.23. The van der Waals surface area contributed by atoms with Gasteiger partial charge < -0.3 is 5.73 Å². The summed E-state index contributed by atoms with van der Waals surface area (Å²) in [7, 11) is 0. The molecule has 108 valence electrons. The molecule has 0 aliphatic rings. The van der Waals surface area contributed by atoms with Crippen LogP contribution in [0.15, 0.2) is 18.5 Å². The highest BCUT2D eigenvalue weighted by molar-refractivity contribution is 5.17. The van der Waals surface area contributed by atoms with E-state index in [1.165, 1.54) is 11.1 Å². The molecule has 19 heavy (non-hydrogen) atoms. The van der Waals surface area contributed by atoms with Crippen LogP contribution in [0.4, 0.5) is 0 Å². The van der Waals surface area contributed by atoms with Crippen molar-refractivity contribution < 1.29 is 0 Å². The molecular formula is C16H29N3. The van der Waals surface area contributed by atoms with E-state index in [2.05, 4.69) is 43.6 Å². The maximum atomic E-state index is 6.09. The lowest BCUT2D eigenvalue weighted by Gasteiger charge is -2.42. The van der Waals surface area contributed by atoms with E-state index in [0.29, 0.717) is 0 Å². The molecule has 1 aromatic rings. The number of hydrogen-bond donors (Lipinski definition) is 1. The molecule has 3 heteroatoms. The van der Waals surface area contributed by atoms with Crippen LogP contribution in [0.25, 0.3) is 0 Å². The minimum absolute atomic E-state index is 0.125. The van der Waals surface area contributed by atoms with Gasteiger partial charge in [0.05, 0.1) is 0 Å². The first kappa shape index (κ1) is 16.1. The lowest BCUT2D eigenvalue weighted by molar-refractivity contribution is 0.0765. The number of nitrogens with zero attached hydrogens (tertiary/aromatic N) is 2. The summed E-state index contributed by atoms with van der Waals surface area (Å²) in [5, 5.41) is 0. The molecule has 1 heterocycles. The Morgan fingerprint density at radius 2 is 1.89 bits per heavy atom. The summed E-state index contributed by atoms with van der Waals surface area (Å²) in [6, 6.07) is 2.22. The van der Waals surface area contributed by atoms with Crippen molar-refractivity contribution in [3.63, 3.8) is 0 Å². The highest BCUT2D eigenvalue weighted by Crippen LogP contribution is 2.25. The van der Waals surface area contributed by atoms with E-state index in [0.717, 1.165) is 38.9 Å². The van der Waals surface area contributed by atoms with Crippen LogP contribution in [0.1, 0.15) is 51.2 Å². The number of rotatable bonds is 8. The van der Waals surface area contributed by atoms with E-state index in [9.17, 15) is 0 Å². The van der Waals surface area contributed by atoms with Gasteiger partial charge in [0.25, 0.3) is 0 Å². The Kier molecular flexibility index (Phi) is 6.46. The van der Waals surface area contributed by atoms with E-state index < -0.39 is 0 Å². The van der Waals surface area contributed by atoms with E-state index >= 15 is 0 Å². The zero-order valence-electron chi connectivity index (χ0n) is 12.9. The zero-order chi connectivity index (χ0) is 14.3. The average Bonchev–Trinajstić information content (AvgIpc) is 2.41. The summed E-state index contributed by atoms with van der Waals surface area (Å²) in [6.45, 7) is 11.6. The monoisotopic (exact) mass is 263 g/mol. The predicted molar refractivity (Wildman–Crippen MR) is 82.0 cm³/mol. The second kappa shape index (κ2) is 7.61. The summed E-state index contributed by atoms with van der Waals surface area (Å²) >= 11 is 0. The Hall–Kier alpha value is -0.930. The third kappa shape index (κ3) is 4.02. The molecule has 1 rings (SSSR count). The summed E-state index contributed by atoms with van der Waals surface area (Å²) in [5.74, 6) is 0. The van der Waals surface area contributed by atoms with E-state index in [1.54, 1.807) is 0 Å². The Labute approximate surface area is 118 Å². The van der Waals surface area contributed by atoms with Crippen molar-refractivity contribution >= 4 is 0 Å². The largest absolute Gasteiger partial charge is 0.329 e. The van der Waals surface area contributed by atoms with Crippen LogP contribution in [0, 0.1) is 6.92 Å². The van der Waals surface area contributed by atoms with Gasteiger partial charge in [0, 0.05) is 31.0 Å². The van der Waals surface area contributed by atoms with Crippen molar-refractivity contribution in [2.24, 2.45) is 5.73 Å². The molecule has 0 unspecified atom stereocenters. The highest BCUT2D eigenvalue weighted by Gasteiger charge is 2.31. The van der Waals surface area contributed by atoms with Gasteiger partial charge in [0.2, 0.25) is 0 Å². The van der Waals surface area contributed by atoms with Gasteiger partial charge in [0.15, 0.2) is 0 Å². The van der Waals surface area contributed by atoms with Gasteiger partial charge >= 0.3 is 0 Å². The second-order valence-corrected chi connectivity index (χ2v) is 5.43. The number of hydrogen-bond acceptors (Lipinski definition) is 3. The molecule has 0 spiro atoms. The van der Waals surface area contributed by atoms with Crippen LogP contribution < -0.4 is 5.73 Å². The fourth-order valence-electron chi connectivity index (χ4n) is 2.79. The Morgan fingerprint density at radius 3 is 2.37 bits per heavy atom. The van der Waals surface area contributed by atoms with Crippen molar-refractivity contribution in [1.29, 1.82) is 0 Å². The number of pyridine rings is 1. The van der Waals surface area contributed by atoms with Crippen LogP contribution in [-0.4, -0.2) is 28.5 Å². The van der Waals surface area contributed by atoms with Crippen molar-refractivity contribution in [2.75, 3.05) is 13.1 Å². The third-order valence-corrected chi connectivity index (χ3v) is 4.17. The van der Waals surface area contributed by atoms with Crippen LogP contribution >= 0.6 is 0 Å². The zero-order valence-corrected chi connectivity index (χ0v) is 12.9. The average molecular weight is 263 g/mol. The van der Waals surface area contributed by atoms with Gasteiger partial charge in [-0.3, -0.25) is 9.88 Å². The molecule has 1 aromatic heterocycles. The van der Waals surface area contributed by atoms with Crippen LogP contribution in [0.5, 0.6) is 0 Å². The molecule has 0 atom stereocenters. The van der Waals surface area contributed by atoms with Crippen LogP contribution in [0.3, 0.4) is 0 Å². The van der Waals surface area contributed by atoms with Crippen molar-refractivity contribution in [3.05, 3.63) is 29.6 Å². The van der Waals surface area contributed by atoms with E-state index in [-0.39, 0.29) is 5.54 Å². The van der Waals surface area contributed by atoms with Gasteiger partial charge in [0.1, 0.15) is 0 Å². The summed E-state index contributed by atoms with van der Waals surface area (Å²) in [5.41, 5.74) is 8.72.